The molecule has 1 N–H and O–H groups in total. The minimum absolute atomic E-state index is 0.00928. The molecule has 2 aromatic rings. The van der Waals surface area contributed by atoms with Crippen LogP contribution in [0.1, 0.15) is 30.4 Å². The third-order valence-corrected chi connectivity index (χ3v) is 6.12. The number of thioether (sulfide) groups is 1. The van der Waals surface area contributed by atoms with Gasteiger partial charge in [0, 0.05) is 31.0 Å². The Kier molecular flexibility index (Phi) is 5.31. The molecule has 1 aromatic carbocycles. The topological polar surface area (TPSA) is 60.3 Å². The van der Waals surface area contributed by atoms with E-state index in [1.807, 2.05) is 10.6 Å². The Morgan fingerprint density at radius 2 is 2.27 bits per heavy atom. The molecule has 0 bridgehead atoms. The Morgan fingerprint density at radius 3 is 3.12 bits per heavy atom. The van der Waals surface area contributed by atoms with Crippen LogP contribution in [0.2, 0.25) is 0 Å². The van der Waals surface area contributed by atoms with Gasteiger partial charge in [-0.1, -0.05) is 18.2 Å². The van der Waals surface area contributed by atoms with E-state index in [2.05, 4.69) is 23.5 Å². The number of amides is 1. The van der Waals surface area contributed by atoms with Crippen LogP contribution in [-0.4, -0.2) is 35.5 Å². The molecule has 5 nitrogen and oxygen atoms in total. The van der Waals surface area contributed by atoms with E-state index < -0.39 is 0 Å². The zero-order valence-corrected chi connectivity index (χ0v) is 15.6. The molecule has 1 amide bonds. The van der Waals surface area contributed by atoms with Gasteiger partial charge in [0.15, 0.2) is 0 Å². The molecule has 2 aliphatic rings. The van der Waals surface area contributed by atoms with Crippen molar-refractivity contribution in [1.29, 1.82) is 0 Å². The lowest BCUT2D eigenvalue weighted by atomic mass is 10.0. The van der Waals surface area contributed by atoms with Gasteiger partial charge in [0.25, 0.3) is 5.56 Å². The fourth-order valence-electron chi connectivity index (χ4n) is 3.87. The van der Waals surface area contributed by atoms with Gasteiger partial charge in [-0.05, 0) is 42.7 Å². The van der Waals surface area contributed by atoms with Crippen LogP contribution in [0.25, 0.3) is 10.9 Å². The van der Waals surface area contributed by atoms with E-state index in [1.165, 1.54) is 17.3 Å². The van der Waals surface area contributed by atoms with E-state index in [0.29, 0.717) is 18.1 Å². The second-order valence-corrected chi connectivity index (χ2v) is 8.00. The third kappa shape index (κ3) is 3.67. The van der Waals surface area contributed by atoms with Crippen molar-refractivity contribution in [2.45, 2.75) is 44.1 Å². The number of pyridine rings is 1. The Bertz CT molecular complexity index is 871. The molecular weight excluding hydrogens is 348 g/mol. The van der Waals surface area contributed by atoms with Crippen LogP contribution in [0.15, 0.2) is 29.1 Å². The lowest BCUT2D eigenvalue weighted by Crippen LogP contribution is -2.33. The molecular formula is C20H24N2O3S. The number of aromatic nitrogens is 1. The number of hydrogen-bond acceptors (Lipinski definition) is 4. The lowest BCUT2D eigenvalue weighted by Gasteiger charge is -2.20. The quantitative estimate of drug-likeness (QED) is 0.846. The summed E-state index contributed by atoms with van der Waals surface area (Å²) in [7, 11) is 0. The van der Waals surface area contributed by atoms with Gasteiger partial charge in [-0.2, -0.15) is 0 Å². The smallest absolute Gasteiger partial charge is 0.255 e. The largest absolute Gasteiger partial charge is 0.376 e. The van der Waals surface area contributed by atoms with Crippen molar-refractivity contribution in [2.75, 3.05) is 18.9 Å². The van der Waals surface area contributed by atoms with Crippen LogP contribution in [0.5, 0.6) is 0 Å². The van der Waals surface area contributed by atoms with Crippen molar-refractivity contribution in [3.05, 3.63) is 45.7 Å². The maximum absolute atomic E-state index is 12.8. The van der Waals surface area contributed by atoms with Gasteiger partial charge in [0.2, 0.25) is 5.91 Å². The van der Waals surface area contributed by atoms with Gasteiger partial charge in [0.1, 0.15) is 0 Å². The summed E-state index contributed by atoms with van der Waals surface area (Å²) in [5, 5.41) is 4.05. The van der Waals surface area contributed by atoms with Crippen molar-refractivity contribution < 1.29 is 9.53 Å². The van der Waals surface area contributed by atoms with E-state index in [1.54, 1.807) is 0 Å². The van der Waals surface area contributed by atoms with Crippen molar-refractivity contribution in [3.8, 4) is 0 Å². The summed E-state index contributed by atoms with van der Waals surface area (Å²) in [6.45, 7) is 2.17. The van der Waals surface area contributed by atoms with E-state index in [-0.39, 0.29) is 17.6 Å². The van der Waals surface area contributed by atoms with Crippen LogP contribution >= 0.6 is 11.8 Å². The number of hydrogen-bond donors (Lipinski definition) is 1. The van der Waals surface area contributed by atoms with Crippen LogP contribution in [0.3, 0.4) is 0 Å². The maximum Gasteiger partial charge on any atom is 0.255 e. The Morgan fingerprint density at radius 1 is 1.35 bits per heavy atom. The van der Waals surface area contributed by atoms with Gasteiger partial charge < -0.3 is 14.6 Å². The van der Waals surface area contributed by atoms with Crippen molar-refractivity contribution >= 4 is 28.6 Å². The van der Waals surface area contributed by atoms with Crippen molar-refractivity contribution in [3.63, 3.8) is 0 Å². The second-order valence-electron chi connectivity index (χ2n) is 7.02. The van der Waals surface area contributed by atoms with Crippen LogP contribution in [0.4, 0.5) is 0 Å². The summed E-state index contributed by atoms with van der Waals surface area (Å²) >= 11 is 1.49. The molecule has 0 radical (unpaired) electrons. The first-order valence-electron chi connectivity index (χ1n) is 9.33. The minimum atomic E-state index is 0.00928. The second kappa shape index (κ2) is 7.84. The predicted octanol–water partition coefficient (Wildman–Crippen LogP) is 2.48. The molecule has 2 aliphatic heterocycles. The molecule has 6 heteroatoms. The monoisotopic (exact) mass is 372 g/mol. The first-order chi connectivity index (χ1) is 12.7. The summed E-state index contributed by atoms with van der Waals surface area (Å²) in [5.41, 5.74) is 3.23. The molecule has 4 rings (SSSR count). The number of nitrogens with one attached hydrogen (secondary N) is 1. The van der Waals surface area contributed by atoms with Gasteiger partial charge >= 0.3 is 0 Å². The highest BCUT2D eigenvalue weighted by Gasteiger charge is 2.17. The first-order valence-corrected chi connectivity index (χ1v) is 10.5. The standard InChI is InChI=1S/C20H24N2O3S/c23-18(21-11-17-7-3-9-25-17)13-26-12-16-10-15-5-1-4-14-6-2-8-22(19(14)15)20(16)24/h1,4-5,10,17H,2-3,6-9,11-13H2,(H,21,23). The van der Waals surface area contributed by atoms with E-state index in [4.69, 9.17) is 4.74 Å². The van der Waals surface area contributed by atoms with Crippen molar-refractivity contribution in [1.82, 2.24) is 9.88 Å². The number of benzene rings is 1. The Hall–Kier alpha value is -1.79. The molecule has 3 heterocycles. The average Bonchev–Trinajstić information content (AvgIpc) is 3.17. The first kappa shape index (κ1) is 17.6. The molecule has 0 saturated carbocycles. The highest BCUT2D eigenvalue weighted by molar-refractivity contribution is 7.99. The third-order valence-electron chi connectivity index (χ3n) is 5.14. The number of rotatable bonds is 6. The molecule has 1 saturated heterocycles. The summed E-state index contributed by atoms with van der Waals surface area (Å²) in [6, 6.07) is 8.25. The fourth-order valence-corrected chi connectivity index (χ4v) is 4.68. The molecule has 1 aromatic heterocycles. The highest BCUT2D eigenvalue weighted by Crippen LogP contribution is 2.25. The minimum Gasteiger partial charge on any atom is -0.376 e. The highest BCUT2D eigenvalue weighted by atomic mass is 32.2. The van der Waals surface area contributed by atoms with Crippen LogP contribution in [0, 0.1) is 0 Å². The number of nitrogens with zero attached hydrogens (tertiary/aromatic N) is 1. The summed E-state index contributed by atoms with van der Waals surface area (Å²) < 4.78 is 7.43. The molecule has 0 aliphatic carbocycles. The summed E-state index contributed by atoms with van der Waals surface area (Å²) in [5.74, 6) is 0.936. The molecule has 1 atom stereocenters. The van der Waals surface area contributed by atoms with E-state index in [9.17, 15) is 9.59 Å². The fraction of sp³-hybridized carbons (Fsp3) is 0.500. The molecule has 1 fully saturated rings. The van der Waals surface area contributed by atoms with Crippen LogP contribution in [-0.2, 0) is 28.2 Å². The molecule has 138 valence electrons. The van der Waals surface area contributed by atoms with Gasteiger partial charge in [-0.3, -0.25) is 9.59 Å². The van der Waals surface area contributed by atoms with Gasteiger partial charge in [0.05, 0.1) is 17.4 Å². The normalized spacial score (nSPS) is 19.0. The molecule has 0 spiro atoms. The number of carbonyl (C=O) groups is 1. The number of ether oxygens (including phenoxy) is 1. The molecule has 1 unspecified atom stereocenters. The Balaban J connectivity index is 1.39. The average molecular weight is 372 g/mol. The van der Waals surface area contributed by atoms with Crippen molar-refractivity contribution in [2.24, 2.45) is 0 Å². The van der Waals surface area contributed by atoms with E-state index >= 15 is 0 Å². The van der Waals surface area contributed by atoms with Gasteiger partial charge in [-0.15, -0.1) is 11.8 Å². The SMILES string of the molecule is O=C(CSCc1cc2cccc3c2n(c1=O)CCC3)NCC1CCCO1. The zero-order valence-electron chi connectivity index (χ0n) is 14.8. The van der Waals surface area contributed by atoms with Gasteiger partial charge in [-0.25, -0.2) is 0 Å². The number of carbonyl (C=O) groups excluding carboxylic acids is 1. The Labute approximate surface area is 157 Å². The zero-order chi connectivity index (χ0) is 17.9. The predicted molar refractivity (Wildman–Crippen MR) is 105 cm³/mol. The molecule has 26 heavy (non-hydrogen) atoms. The van der Waals surface area contributed by atoms with Crippen LogP contribution < -0.4 is 10.9 Å². The lowest BCUT2D eigenvalue weighted by molar-refractivity contribution is -0.119. The van der Waals surface area contributed by atoms with E-state index in [0.717, 1.165) is 55.3 Å². The number of para-hydroxylation sites is 1. The number of aryl methyl sites for hydroxylation is 2. The maximum atomic E-state index is 12.8. The summed E-state index contributed by atoms with van der Waals surface area (Å²) in [4.78, 5) is 24.8. The summed E-state index contributed by atoms with van der Waals surface area (Å²) in [6.07, 6.45) is 4.30.